The van der Waals surface area contributed by atoms with Crippen LogP contribution in [0.25, 0.3) is 0 Å². The van der Waals surface area contributed by atoms with Crippen molar-refractivity contribution in [2.75, 3.05) is 0 Å². The van der Waals surface area contributed by atoms with Gasteiger partial charge in [0.05, 0.1) is 0 Å². The highest BCUT2D eigenvalue weighted by Gasteiger charge is 2.22. The first-order chi connectivity index (χ1) is 6.81. The molecule has 0 amide bonds. The molecule has 1 aromatic rings. The summed E-state index contributed by atoms with van der Waals surface area (Å²) in [5.41, 5.74) is 1.37. The predicted octanol–water partition coefficient (Wildman–Crippen LogP) is 3.27. The van der Waals surface area contributed by atoms with Crippen LogP contribution in [0.3, 0.4) is 0 Å². The molecule has 1 saturated carbocycles. The van der Waals surface area contributed by atoms with Crippen molar-refractivity contribution >= 4 is 0 Å². The van der Waals surface area contributed by atoms with E-state index in [4.69, 9.17) is 0 Å². The lowest BCUT2D eigenvalue weighted by molar-refractivity contribution is 0.542. The predicted molar refractivity (Wildman–Crippen MR) is 60.3 cm³/mol. The van der Waals surface area contributed by atoms with Gasteiger partial charge in [-0.2, -0.15) is 5.10 Å². The average molecular weight is 194 g/mol. The van der Waals surface area contributed by atoms with Crippen molar-refractivity contribution in [3.8, 4) is 0 Å². The van der Waals surface area contributed by atoms with Gasteiger partial charge in [-0.25, -0.2) is 0 Å². The molecule has 0 saturated heterocycles. The summed E-state index contributed by atoms with van der Waals surface area (Å²) in [5.74, 6) is 0.931. The van der Waals surface area contributed by atoms with Gasteiger partial charge in [-0.15, -0.1) is 0 Å². The van der Waals surface area contributed by atoms with Crippen molar-refractivity contribution in [2.45, 2.75) is 53.0 Å². The SMILES string of the molecule is CCC.CCc1ccnn1CC1CC1. The van der Waals surface area contributed by atoms with Crippen LogP contribution in [0.5, 0.6) is 0 Å². The summed E-state index contributed by atoms with van der Waals surface area (Å²) in [7, 11) is 0. The Morgan fingerprint density at radius 3 is 2.50 bits per heavy atom. The van der Waals surface area contributed by atoms with E-state index >= 15 is 0 Å². The Labute approximate surface area is 87.3 Å². The van der Waals surface area contributed by atoms with Crippen LogP contribution < -0.4 is 0 Å². The minimum Gasteiger partial charge on any atom is -0.269 e. The van der Waals surface area contributed by atoms with E-state index in [1.807, 2.05) is 6.20 Å². The van der Waals surface area contributed by atoms with E-state index in [0.29, 0.717) is 0 Å². The molecule has 0 radical (unpaired) electrons. The molecule has 1 heterocycles. The zero-order valence-electron chi connectivity index (χ0n) is 9.66. The molecule has 1 aromatic heterocycles. The van der Waals surface area contributed by atoms with Crippen LogP contribution in [0.15, 0.2) is 12.3 Å². The first-order valence-electron chi connectivity index (χ1n) is 5.82. The fraction of sp³-hybridized carbons (Fsp3) is 0.750. The Kier molecular flexibility index (Phi) is 4.71. The van der Waals surface area contributed by atoms with Crippen molar-refractivity contribution in [3.05, 3.63) is 18.0 Å². The fourth-order valence-electron chi connectivity index (χ4n) is 1.37. The standard InChI is InChI=1S/C9H14N2.C3H8/c1-2-9-5-6-10-11(9)7-8-3-4-8;1-3-2/h5-6,8H,2-4,7H2,1H3;3H2,1-2H3. The number of rotatable bonds is 3. The van der Waals surface area contributed by atoms with Crippen molar-refractivity contribution < 1.29 is 0 Å². The second-order valence-corrected chi connectivity index (χ2v) is 4.01. The summed E-state index contributed by atoms with van der Waals surface area (Å²) < 4.78 is 2.15. The maximum atomic E-state index is 4.28. The van der Waals surface area contributed by atoms with E-state index in [1.165, 1.54) is 25.0 Å². The van der Waals surface area contributed by atoms with E-state index in [9.17, 15) is 0 Å². The molecule has 0 bridgehead atoms. The molecule has 1 aliphatic rings. The van der Waals surface area contributed by atoms with E-state index in [1.54, 1.807) is 0 Å². The summed E-state index contributed by atoms with van der Waals surface area (Å²) >= 11 is 0. The molecule has 14 heavy (non-hydrogen) atoms. The first-order valence-corrected chi connectivity index (χ1v) is 5.82. The first kappa shape index (κ1) is 11.3. The minimum absolute atomic E-state index is 0.931. The highest BCUT2D eigenvalue weighted by molar-refractivity contribution is 5.00. The molecule has 1 fully saturated rings. The zero-order chi connectivity index (χ0) is 10.4. The Morgan fingerprint density at radius 2 is 2.00 bits per heavy atom. The summed E-state index contributed by atoms with van der Waals surface area (Å²) in [5, 5.41) is 4.28. The van der Waals surface area contributed by atoms with Gasteiger partial charge in [0.15, 0.2) is 0 Å². The van der Waals surface area contributed by atoms with Gasteiger partial charge < -0.3 is 0 Å². The largest absolute Gasteiger partial charge is 0.269 e. The van der Waals surface area contributed by atoms with Crippen molar-refractivity contribution in [3.63, 3.8) is 0 Å². The molecule has 0 N–H and O–H groups in total. The highest BCUT2D eigenvalue weighted by atomic mass is 15.3. The molecule has 0 aliphatic heterocycles. The highest BCUT2D eigenvalue weighted by Crippen LogP contribution is 2.30. The quantitative estimate of drug-likeness (QED) is 0.722. The molecule has 2 heteroatoms. The van der Waals surface area contributed by atoms with Crippen LogP contribution in [0.1, 0.15) is 45.7 Å². The van der Waals surface area contributed by atoms with Gasteiger partial charge >= 0.3 is 0 Å². The van der Waals surface area contributed by atoms with Crippen LogP contribution in [0.4, 0.5) is 0 Å². The molecule has 0 spiro atoms. The maximum Gasteiger partial charge on any atom is 0.0492 e. The molecule has 2 nitrogen and oxygen atoms in total. The van der Waals surface area contributed by atoms with Crippen LogP contribution in [-0.4, -0.2) is 9.78 Å². The van der Waals surface area contributed by atoms with Crippen LogP contribution in [0.2, 0.25) is 0 Å². The van der Waals surface area contributed by atoms with Crippen LogP contribution in [-0.2, 0) is 13.0 Å². The third kappa shape index (κ3) is 3.52. The molecular weight excluding hydrogens is 172 g/mol. The molecule has 0 aromatic carbocycles. The molecule has 1 aliphatic carbocycles. The summed E-state index contributed by atoms with van der Waals surface area (Å²) in [6.07, 6.45) is 7.07. The lowest BCUT2D eigenvalue weighted by atomic mass is 10.3. The van der Waals surface area contributed by atoms with Gasteiger partial charge in [0.2, 0.25) is 0 Å². The third-order valence-electron chi connectivity index (χ3n) is 2.29. The minimum atomic E-state index is 0.931. The summed E-state index contributed by atoms with van der Waals surface area (Å²) in [6, 6.07) is 2.11. The fourth-order valence-corrected chi connectivity index (χ4v) is 1.37. The Morgan fingerprint density at radius 1 is 1.36 bits per heavy atom. The number of hydrogen-bond donors (Lipinski definition) is 0. The van der Waals surface area contributed by atoms with E-state index in [0.717, 1.165) is 18.9 Å². The molecule has 0 atom stereocenters. The molecular formula is C12H22N2. The smallest absolute Gasteiger partial charge is 0.0492 e. The van der Waals surface area contributed by atoms with Gasteiger partial charge in [-0.3, -0.25) is 4.68 Å². The van der Waals surface area contributed by atoms with Gasteiger partial charge in [0.25, 0.3) is 0 Å². The van der Waals surface area contributed by atoms with Crippen molar-refractivity contribution in [1.82, 2.24) is 9.78 Å². The average Bonchev–Trinajstić information content (AvgIpc) is 2.85. The second kappa shape index (κ2) is 5.84. The Balaban J connectivity index is 0.000000293. The van der Waals surface area contributed by atoms with Crippen LogP contribution >= 0.6 is 0 Å². The van der Waals surface area contributed by atoms with Gasteiger partial charge in [-0.1, -0.05) is 27.2 Å². The summed E-state index contributed by atoms with van der Waals surface area (Å²) in [4.78, 5) is 0. The number of aryl methyl sites for hydroxylation is 1. The zero-order valence-corrected chi connectivity index (χ0v) is 9.66. The number of aromatic nitrogens is 2. The normalized spacial score (nSPS) is 14.8. The van der Waals surface area contributed by atoms with Crippen molar-refractivity contribution in [1.29, 1.82) is 0 Å². The van der Waals surface area contributed by atoms with Crippen LogP contribution in [0, 0.1) is 5.92 Å². The Bertz CT molecular complexity index is 249. The topological polar surface area (TPSA) is 17.8 Å². The third-order valence-corrected chi connectivity index (χ3v) is 2.29. The van der Waals surface area contributed by atoms with Gasteiger partial charge in [0.1, 0.15) is 0 Å². The van der Waals surface area contributed by atoms with Gasteiger partial charge in [0, 0.05) is 18.4 Å². The lowest BCUT2D eigenvalue weighted by Gasteiger charge is -2.02. The molecule has 80 valence electrons. The van der Waals surface area contributed by atoms with E-state index in [-0.39, 0.29) is 0 Å². The lowest BCUT2D eigenvalue weighted by Crippen LogP contribution is -2.05. The van der Waals surface area contributed by atoms with Crippen molar-refractivity contribution in [2.24, 2.45) is 5.92 Å². The summed E-state index contributed by atoms with van der Waals surface area (Å²) in [6.45, 7) is 7.58. The van der Waals surface area contributed by atoms with Gasteiger partial charge in [-0.05, 0) is 31.2 Å². The monoisotopic (exact) mass is 194 g/mol. The Hall–Kier alpha value is -0.790. The molecule has 0 unspecified atom stereocenters. The van der Waals surface area contributed by atoms with E-state index < -0.39 is 0 Å². The number of hydrogen-bond acceptors (Lipinski definition) is 1. The maximum absolute atomic E-state index is 4.28. The molecule has 2 rings (SSSR count). The van der Waals surface area contributed by atoms with E-state index in [2.05, 4.69) is 36.6 Å². The second-order valence-electron chi connectivity index (χ2n) is 4.01. The number of nitrogens with zero attached hydrogens (tertiary/aromatic N) is 2.